The Balaban J connectivity index is 1.82. The first-order valence-electron chi connectivity index (χ1n) is 6.12. The number of methoxy groups -OCH3 is 1. The fraction of sp³-hybridized carbons (Fsp3) is 1.00. The second kappa shape index (κ2) is 7.20. The van der Waals surface area contributed by atoms with Gasteiger partial charge < -0.3 is 15.0 Å². The number of nitrogens with one attached hydrogen (secondary N) is 1. The third-order valence-electron chi connectivity index (χ3n) is 3.19. The van der Waals surface area contributed by atoms with E-state index in [2.05, 4.69) is 24.2 Å². The maximum atomic E-state index is 4.99. The third kappa shape index (κ3) is 6.13. The summed E-state index contributed by atoms with van der Waals surface area (Å²) < 4.78 is 4.99. The molecule has 1 aliphatic carbocycles. The number of nitrogens with zero attached hydrogens (tertiary/aromatic N) is 1. The van der Waals surface area contributed by atoms with Crippen molar-refractivity contribution in [1.29, 1.82) is 0 Å². The van der Waals surface area contributed by atoms with Gasteiger partial charge in [0, 0.05) is 33.4 Å². The van der Waals surface area contributed by atoms with E-state index in [1.54, 1.807) is 7.11 Å². The van der Waals surface area contributed by atoms with Gasteiger partial charge >= 0.3 is 0 Å². The van der Waals surface area contributed by atoms with Crippen molar-refractivity contribution in [3.05, 3.63) is 0 Å². The number of likely N-dealkylation sites (N-methyl/N-ethyl adjacent to an activating group) is 1. The van der Waals surface area contributed by atoms with E-state index in [0.29, 0.717) is 0 Å². The minimum atomic E-state index is 0.864. The molecule has 2 unspecified atom stereocenters. The van der Waals surface area contributed by atoms with E-state index in [9.17, 15) is 0 Å². The van der Waals surface area contributed by atoms with Gasteiger partial charge in [0.15, 0.2) is 0 Å². The van der Waals surface area contributed by atoms with Crippen molar-refractivity contribution in [2.45, 2.75) is 19.8 Å². The second-order valence-corrected chi connectivity index (χ2v) is 4.83. The van der Waals surface area contributed by atoms with E-state index in [4.69, 9.17) is 4.74 Å². The van der Waals surface area contributed by atoms with Gasteiger partial charge in [-0.1, -0.05) is 6.92 Å². The van der Waals surface area contributed by atoms with Gasteiger partial charge in [0.25, 0.3) is 0 Å². The zero-order chi connectivity index (χ0) is 11.1. The summed E-state index contributed by atoms with van der Waals surface area (Å²) in [6.45, 7) is 7.82. The maximum Gasteiger partial charge on any atom is 0.0474 e. The Morgan fingerprint density at radius 3 is 2.73 bits per heavy atom. The van der Waals surface area contributed by atoms with Gasteiger partial charge in [0.2, 0.25) is 0 Å². The molecule has 1 N–H and O–H groups in total. The van der Waals surface area contributed by atoms with Crippen LogP contribution in [0.1, 0.15) is 19.8 Å². The molecule has 0 aromatic carbocycles. The highest BCUT2D eigenvalue weighted by Gasteiger charge is 2.32. The van der Waals surface area contributed by atoms with Crippen LogP contribution in [0.3, 0.4) is 0 Å². The predicted molar refractivity (Wildman–Crippen MR) is 64.1 cm³/mol. The van der Waals surface area contributed by atoms with Crippen LogP contribution in [-0.2, 0) is 4.74 Å². The van der Waals surface area contributed by atoms with Crippen LogP contribution in [0.5, 0.6) is 0 Å². The lowest BCUT2D eigenvalue weighted by molar-refractivity contribution is 0.194. The molecule has 3 heteroatoms. The first kappa shape index (κ1) is 12.9. The molecule has 0 aromatic rings. The van der Waals surface area contributed by atoms with Crippen molar-refractivity contribution in [3.8, 4) is 0 Å². The molecule has 0 aromatic heterocycles. The Kier molecular flexibility index (Phi) is 6.22. The lowest BCUT2D eigenvalue weighted by Crippen LogP contribution is -2.31. The topological polar surface area (TPSA) is 24.5 Å². The molecule has 0 heterocycles. The summed E-state index contributed by atoms with van der Waals surface area (Å²) >= 11 is 0. The number of hydrogen-bond donors (Lipinski definition) is 1. The minimum absolute atomic E-state index is 0.864. The number of hydrogen-bond acceptors (Lipinski definition) is 3. The van der Waals surface area contributed by atoms with Gasteiger partial charge in [0.1, 0.15) is 0 Å². The molecular formula is C12H26N2O. The molecule has 0 radical (unpaired) electrons. The average molecular weight is 214 g/mol. The molecule has 15 heavy (non-hydrogen) atoms. The van der Waals surface area contributed by atoms with Crippen LogP contribution in [0.25, 0.3) is 0 Å². The third-order valence-corrected chi connectivity index (χ3v) is 3.19. The SMILES string of the molecule is COCCCNCCN(C)CC1CC1C. The molecule has 3 nitrogen and oxygen atoms in total. The highest BCUT2D eigenvalue weighted by molar-refractivity contribution is 4.84. The molecule has 1 aliphatic rings. The minimum Gasteiger partial charge on any atom is -0.385 e. The van der Waals surface area contributed by atoms with Crippen molar-refractivity contribution in [1.82, 2.24) is 10.2 Å². The summed E-state index contributed by atoms with van der Waals surface area (Å²) in [5.41, 5.74) is 0. The van der Waals surface area contributed by atoms with Gasteiger partial charge in [-0.25, -0.2) is 0 Å². The Morgan fingerprint density at radius 1 is 1.40 bits per heavy atom. The largest absolute Gasteiger partial charge is 0.385 e. The lowest BCUT2D eigenvalue weighted by Gasteiger charge is -2.16. The second-order valence-electron chi connectivity index (χ2n) is 4.83. The van der Waals surface area contributed by atoms with Crippen molar-refractivity contribution >= 4 is 0 Å². The molecule has 1 fully saturated rings. The van der Waals surface area contributed by atoms with E-state index < -0.39 is 0 Å². The Bertz CT molecular complexity index is 164. The summed E-state index contributed by atoms with van der Waals surface area (Å²) in [4.78, 5) is 2.44. The van der Waals surface area contributed by atoms with Crippen LogP contribution in [-0.4, -0.2) is 51.8 Å². The van der Waals surface area contributed by atoms with Gasteiger partial charge in [0.05, 0.1) is 0 Å². The number of ether oxygens (including phenoxy) is 1. The average Bonchev–Trinajstić information content (AvgIpc) is 2.88. The van der Waals surface area contributed by atoms with Crippen LogP contribution in [0.4, 0.5) is 0 Å². The van der Waals surface area contributed by atoms with E-state index in [1.807, 2.05) is 0 Å². The molecule has 0 saturated heterocycles. The van der Waals surface area contributed by atoms with Crippen molar-refractivity contribution < 1.29 is 4.74 Å². The van der Waals surface area contributed by atoms with Crippen molar-refractivity contribution in [3.63, 3.8) is 0 Å². The summed E-state index contributed by atoms with van der Waals surface area (Å²) in [6, 6.07) is 0. The van der Waals surface area contributed by atoms with Gasteiger partial charge in [-0.3, -0.25) is 0 Å². The standard InChI is InChI=1S/C12H26N2O/c1-11-9-12(11)10-14(2)7-6-13-5-4-8-15-3/h11-13H,4-10H2,1-3H3. The van der Waals surface area contributed by atoms with E-state index in [1.165, 1.54) is 13.0 Å². The molecule has 0 spiro atoms. The Labute approximate surface area is 94.2 Å². The summed E-state index contributed by atoms with van der Waals surface area (Å²) in [7, 11) is 3.98. The highest BCUT2D eigenvalue weighted by atomic mass is 16.5. The zero-order valence-electron chi connectivity index (χ0n) is 10.5. The van der Waals surface area contributed by atoms with Crippen LogP contribution < -0.4 is 5.32 Å². The molecule has 1 saturated carbocycles. The Hall–Kier alpha value is -0.120. The molecule has 2 atom stereocenters. The van der Waals surface area contributed by atoms with Crippen LogP contribution >= 0.6 is 0 Å². The first-order chi connectivity index (χ1) is 7.24. The molecular weight excluding hydrogens is 188 g/mol. The fourth-order valence-electron chi connectivity index (χ4n) is 1.88. The van der Waals surface area contributed by atoms with Gasteiger partial charge in [-0.05, 0) is 38.3 Å². The van der Waals surface area contributed by atoms with E-state index >= 15 is 0 Å². The summed E-state index contributed by atoms with van der Waals surface area (Å²) in [5.74, 6) is 1.95. The predicted octanol–water partition coefficient (Wildman–Crippen LogP) is 1.20. The highest BCUT2D eigenvalue weighted by Crippen LogP contribution is 2.37. The van der Waals surface area contributed by atoms with E-state index in [-0.39, 0.29) is 0 Å². The van der Waals surface area contributed by atoms with Crippen LogP contribution in [0, 0.1) is 11.8 Å². The molecule has 0 bridgehead atoms. The first-order valence-corrected chi connectivity index (χ1v) is 6.12. The molecule has 0 aliphatic heterocycles. The smallest absolute Gasteiger partial charge is 0.0474 e. The molecule has 1 rings (SSSR count). The Morgan fingerprint density at radius 2 is 2.13 bits per heavy atom. The summed E-state index contributed by atoms with van der Waals surface area (Å²) in [6.07, 6.45) is 2.55. The van der Waals surface area contributed by atoms with Crippen LogP contribution in [0.2, 0.25) is 0 Å². The lowest BCUT2D eigenvalue weighted by atomic mass is 10.3. The van der Waals surface area contributed by atoms with E-state index in [0.717, 1.165) is 44.5 Å². The fourth-order valence-corrected chi connectivity index (χ4v) is 1.88. The monoisotopic (exact) mass is 214 g/mol. The zero-order valence-corrected chi connectivity index (χ0v) is 10.5. The van der Waals surface area contributed by atoms with Gasteiger partial charge in [-0.15, -0.1) is 0 Å². The normalized spacial score (nSPS) is 24.8. The van der Waals surface area contributed by atoms with Crippen molar-refractivity contribution in [2.75, 3.05) is 46.9 Å². The molecule has 0 amide bonds. The molecule has 90 valence electrons. The van der Waals surface area contributed by atoms with Crippen LogP contribution in [0.15, 0.2) is 0 Å². The number of rotatable bonds is 9. The van der Waals surface area contributed by atoms with Crippen molar-refractivity contribution in [2.24, 2.45) is 11.8 Å². The maximum absolute atomic E-state index is 4.99. The summed E-state index contributed by atoms with van der Waals surface area (Å²) in [5, 5.41) is 3.43. The van der Waals surface area contributed by atoms with Gasteiger partial charge in [-0.2, -0.15) is 0 Å². The quantitative estimate of drug-likeness (QED) is 0.584.